The molecule has 53 heavy (non-hydrogen) atoms. The molecule has 0 rings (SSSR count). The van der Waals surface area contributed by atoms with Crippen LogP contribution in [0.4, 0.5) is 0 Å². The molecule has 0 aromatic carbocycles. The van der Waals surface area contributed by atoms with Crippen LogP contribution in [0.25, 0.3) is 0 Å². The standard InChI is InChI=1S/9O4Si.4V.4Zr/c9*1-5(2,3)4;;;;;;;;/q9*-4;;;;;4*+4. The zero-order chi connectivity index (χ0) is 40.5. The third kappa shape index (κ3) is 4560. The van der Waals surface area contributed by atoms with Crippen molar-refractivity contribution in [2.24, 2.45) is 0 Å². The Labute approximate surface area is 427 Å². The predicted octanol–water partition coefficient (Wildman–Crippen LogP) is -46.3. The van der Waals surface area contributed by atoms with E-state index in [9.17, 15) is 0 Å². The second kappa shape index (κ2) is 52.7. The maximum Gasteiger partial charge on any atom is 4.00 e. The van der Waals surface area contributed by atoms with Gasteiger partial charge in [-0.15, -0.1) is 0 Å². The summed E-state index contributed by atoms with van der Waals surface area (Å²) in [6, 6.07) is 0. The first-order chi connectivity index (χ1) is 18.0. The van der Waals surface area contributed by atoms with Crippen molar-refractivity contribution in [3.05, 3.63) is 0 Å². The molecule has 0 bridgehead atoms. The third-order valence-electron chi connectivity index (χ3n) is 0. The van der Waals surface area contributed by atoms with Gasteiger partial charge in [0.05, 0.1) is 0 Å². The van der Waals surface area contributed by atoms with E-state index < -0.39 is 81.4 Å². The van der Waals surface area contributed by atoms with Gasteiger partial charge in [0.1, 0.15) is 0 Å². The largest absolute Gasteiger partial charge is 4.00 e. The minimum Gasteiger partial charge on any atom is -0.894 e. The van der Waals surface area contributed by atoms with Gasteiger partial charge in [0.15, 0.2) is 0 Å². The van der Waals surface area contributed by atoms with Crippen LogP contribution >= 0.6 is 0 Å². The van der Waals surface area contributed by atoms with Gasteiger partial charge in [-0.25, -0.2) is 0 Å². The number of hydrogen-bond donors (Lipinski definition) is 0. The summed E-state index contributed by atoms with van der Waals surface area (Å²) < 4.78 is 0. The quantitative estimate of drug-likeness (QED) is 0.203. The Balaban J connectivity index is -0.0000000180. The summed E-state index contributed by atoms with van der Waals surface area (Å²) in [4.78, 5) is 309. The SMILES string of the molecule is [O-][Si]([O-])([O-])[O-].[O-][Si]([O-])([O-])[O-].[O-][Si]([O-])([O-])[O-].[O-][Si]([O-])([O-])[O-].[O-][Si]([O-])([O-])[O-].[O-][Si]([O-])([O-])[O-].[O-][Si]([O-])([O-])[O-].[O-][Si]([O-])([O-])[O-].[O-][Si]([O-])([O-])[O-].[V].[V].[V].[V].[Zr+4].[Zr+4].[Zr+4].[Zr+4]. The van der Waals surface area contributed by atoms with Gasteiger partial charge in [-0.05, 0) is 0 Å². The average Bonchev–Trinajstić information content (AvgIpc) is 2.26. The Hall–Kier alpha value is 6.38. The summed E-state index contributed by atoms with van der Waals surface area (Å²) in [5.41, 5.74) is 0. The van der Waals surface area contributed by atoms with Crippen LogP contribution in [0.15, 0.2) is 0 Å². The Morgan fingerprint density at radius 3 is 0.113 bits per heavy atom. The topological polar surface area (TPSA) is 830 Å². The summed E-state index contributed by atoms with van der Waals surface area (Å²) in [6.45, 7) is 0. The molecule has 0 aliphatic heterocycles. The van der Waals surface area contributed by atoms with Crippen molar-refractivity contribution >= 4 is 81.4 Å². The van der Waals surface area contributed by atoms with E-state index >= 15 is 0 Å². The second-order valence-electron chi connectivity index (χ2n) is 4.50. The van der Waals surface area contributed by atoms with Crippen molar-refractivity contribution in [3.8, 4) is 0 Å². The first-order valence-electron chi connectivity index (χ1n) is 7.35. The van der Waals surface area contributed by atoms with Crippen LogP contribution in [0, 0.1) is 0 Å². The fourth-order valence-corrected chi connectivity index (χ4v) is 0. The van der Waals surface area contributed by atoms with Gasteiger partial charge >= 0.3 is 105 Å². The molecule has 4 radical (unpaired) electrons. The second-order valence-corrected chi connectivity index (χ2v) is 13.5. The molecular weight excluding hydrogens is 1400 g/mol. The molecule has 0 N–H and O–H groups in total. The van der Waals surface area contributed by atoms with Crippen LogP contribution in [-0.2, 0) is 179 Å². The molecule has 0 saturated carbocycles. The van der Waals surface area contributed by atoms with Crippen LogP contribution in [0.5, 0.6) is 0 Å². The van der Waals surface area contributed by atoms with Gasteiger partial charge in [-0.2, -0.15) is 0 Å². The number of hydrogen-bond acceptors (Lipinski definition) is 36. The van der Waals surface area contributed by atoms with Crippen LogP contribution in [0.3, 0.4) is 0 Å². The van der Waals surface area contributed by atoms with Crippen LogP contribution in [0.1, 0.15) is 0 Å². The zero-order valence-electron chi connectivity index (χ0n) is 23.0. The van der Waals surface area contributed by atoms with Crippen molar-refractivity contribution in [1.82, 2.24) is 0 Å². The monoisotopic (exact) mass is 1390 g/mol. The molecule has 0 heterocycles. The minimum atomic E-state index is -5.61. The van der Waals surface area contributed by atoms with Crippen molar-refractivity contribution < 1.29 is 352 Å². The maximum absolute atomic E-state index is 8.58. The first kappa shape index (κ1) is 113. The average molecular weight is 1400 g/mol. The van der Waals surface area contributed by atoms with Crippen molar-refractivity contribution in [2.75, 3.05) is 0 Å². The van der Waals surface area contributed by atoms with E-state index in [0.717, 1.165) is 0 Å². The maximum atomic E-state index is 8.58. The molecule has 36 nitrogen and oxygen atoms in total. The van der Waals surface area contributed by atoms with E-state index in [-0.39, 0.29) is 179 Å². The van der Waals surface area contributed by atoms with E-state index in [1.54, 1.807) is 0 Å². The minimum absolute atomic E-state index is 0. The van der Waals surface area contributed by atoms with Crippen LogP contribution < -0.4 is 173 Å². The first-order valence-corrected chi connectivity index (χ1v) is 22.0. The summed E-state index contributed by atoms with van der Waals surface area (Å²) in [6.07, 6.45) is 0. The van der Waals surface area contributed by atoms with Crippen molar-refractivity contribution in [3.63, 3.8) is 0 Å². The Morgan fingerprint density at radius 2 is 0.113 bits per heavy atom. The van der Waals surface area contributed by atoms with Crippen molar-refractivity contribution in [2.45, 2.75) is 0 Å². The Bertz CT molecular complexity index is 384. The summed E-state index contributed by atoms with van der Waals surface area (Å²) >= 11 is 0. The van der Waals surface area contributed by atoms with Gasteiger partial charge < -0.3 is 254 Å². The molecule has 0 spiro atoms. The van der Waals surface area contributed by atoms with E-state index in [2.05, 4.69) is 0 Å². The zero-order valence-corrected chi connectivity index (χ0v) is 47.4. The molecule has 0 fully saturated rings. The predicted molar refractivity (Wildman–Crippen MR) is 51.8 cm³/mol. The van der Waals surface area contributed by atoms with E-state index in [0.29, 0.717) is 0 Å². The Kier molecular flexibility index (Phi) is 112. The molecule has 0 aliphatic rings. The van der Waals surface area contributed by atoms with E-state index in [1.165, 1.54) is 0 Å². The number of rotatable bonds is 0. The normalized spacial score (nSPS) is 10.2. The fraction of sp³-hybridized carbons (Fsp3) is 0. The van der Waals surface area contributed by atoms with E-state index in [1.807, 2.05) is 0 Å². The van der Waals surface area contributed by atoms with Gasteiger partial charge in [0.25, 0.3) is 0 Å². The molecule has 0 aliphatic carbocycles. The molecule has 0 saturated heterocycles. The summed E-state index contributed by atoms with van der Waals surface area (Å²) in [5, 5.41) is 0. The molecule has 308 valence electrons. The van der Waals surface area contributed by atoms with Gasteiger partial charge in [-0.1, -0.05) is 0 Å². The van der Waals surface area contributed by atoms with Crippen LogP contribution in [-0.4, -0.2) is 81.4 Å². The summed E-state index contributed by atoms with van der Waals surface area (Å²) in [7, 11) is -50.5. The molecular formula is O36Si9V4Zr4-20. The fourth-order valence-electron chi connectivity index (χ4n) is 0. The van der Waals surface area contributed by atoms with Crippen LogP contribution in [0.2, 0.25) is 0 Å². The molecule has 0 aromatic rings. The van der Waals surface area contributed by atoms with Gasteiger partial charge in [-0.3, -0.25) is 0 Å². The van der Waals surface area contributed by atoms with Gasteiger partial charge in [0.2, 0.25) is 0 Å². The molecule has 53 heteroatoms. The third-order valence-corrected chi connectivity index (χ3v) is 0. The molecule has 0 aromatic heterocycles. The molecule has 0 unspecified atom stereocenters. The Morgan fingerprint density at radius 1 is 0.113 bits per heavy atom. The van der Waals surface area contributed by atoms with Crippen molar-refractivity contribution in [1.29, 1.82) is 0 Å². The molecule has 0 amide bonds. The summed E-state index contributed by atoms with van der Waals surface area (Å²) in [5.74, 6) is 0. The van der Waals surface area contributed by atoms with Gasteiger partial charge in [0, 0.05) is 74.2 Å². The van der Waals surface area contributed by atoms with E-state index in [4.69, 9.17) is 173 Å². The molecule has 0 atom stereocenters. The smallest absolute Gasteiger partial charge is 0.894 e.